The van der Waals surface area contributed by atoms with E-state index in [1.54, 1.807) is 12.1 Å². The molecule has 0 amide bonds. The summed E-state index contributed by atoms with van der Waals surface area (Å²) in [5.74, 6) is -0.399. The van der Waals surface area contributed by atoms with Gasteiger partial charge in [0.15, 0.2) is 0 Å². The van der Waals surface area contributed by atoms with Crippen molar-refractivity contribution in [3.8, 4) is 0 Å². The molecule has 0 saturated carbocycles. The van der Waals surface area contributed by atoms with Crippen LogP contribution in [0.5, 0.6) is 0 Å². The Bertz CT molecular complexity index is 404. The Morgan fingerprint density at radius 1 is 1.56 bits per heavy atom. The highest BCUT2D eigenvalue weighted by Gasteiger charge is 2.32. The highest BCUT2D eigenvalue weighted by atomic mass is 35.5. The van der Waals surface area contributed by atoms with Crippen LogP contribution in [-0.2, 0) is 4.74 Å². The minimum atomic E-state index is -0.399. The lowest BCUT2D eigenvalue weighted by Crippen LogP contribution is -2.48. The van der Waals surface area contributed by atoms with Crippen LogP contribution < -0.4 is 5.73 Å². The number of likely N-dealkylation sites (N-methyl/N-ethyl adjacent to an activating group) is 1. The summed E-state index contributed by atoms with van der Waals surface area (Å²) in [6.45, 7) is 4.97. The zero-order chi connectivity index (χ0) is 13.1. The van der Waals surface area contributed by atoms with Gasteiger partial charge in [-0.2, -0.15) is 0 Å². The SMILES string of the molecule is CCN1CCOC(CN)C1c1ccc(F)c(Cl)c1. The maximum Gasteiger partial charge on any atom is 0.141 e. The van der Waals surface area contributed by atoms with Crippen molar-refractivity contribution in [2.45, 2.75) is 19.1 Å². The number of rotatable bonds is 3. The number of hydrogen-bond acceptors (Lipinski definition) is 3. The Kier molecular flexibility index (Phi) is 4.56. The normalized spacial score (nSPS) is 25.3. The summed E-state index contributed by atoms with van der Waals surface area (Å²) in [5.41, 5.74) is 6.71. The molecule has 18 heavy (non-hydrogen) atoms. The van der Waals surface area contributed by atoms with E-state index in [1.165, 1.54) is 6.07 Å². The number of ether oxygens (including phenoxy) is 1. The number of hydrogen-bond donors (Lipinski definition) is 1. The fourth-order valence-electron chi connectivity index (χ4n) is 2.46. The van der Waals surface area contributed by atoms with Gasteiger partial charge in [0.1, 0.15) is 5.82 Å². The quantitative estimate of drug-likeness (QED) is 0.917. The first kappa shape index (κ1) is 13.7. The minimum absolute atomic E-state index is 0.0480. The van der Waals surface area contributed by atoms with Crippen molar-refractivity contribution in [3.63, 3.8) is 0 Å². The third-order valence-corrected chi connectivity index (χ3v) is 3.67. The number of nitrogens with two attached hydrogens (primary N) is 1. The van der Waals surface area contributed by atoms with E-state index < -0.39 is 5.82 Å². The van der Waals surface area contributed by atoms with Crippen molar-refractivity contribution >= 4 is 11.6 Å². The van der Waals surface area contributed by atoms with Gasteiger partial charge in [-0.15, -0.1) is 0 Å². The number of benzene rings is 1. The highest BCUT2D eigenvalue weighted by molar-refractivity contribution is 6.30. The average Bonchev–Trinajstić information content (AvgIpc) is 2.41. The summed E-state index contributed by atoms with van der Waals surface area (Å²) in [5, 5.41) is 0.143. The Labute approximate surface area is 112 Å². The molecular formula is C13H18ClFN2O. The van der Waals surface area contributed by atoms with Gasteiger partial charge >= 0.3 is 0 Å². The number of halogens is 2. The molecule has 0 aromatic heterocycles. The molecule has 1 aliphatic rings. The molecule has 1 heterocycles. The maximum absolute atomic E-state index is 13.2. The van der Waals surface area contributed by atoms with E-state index in [2.05, 4.69) is 11.8 Å². The molecule has 100 valence electrons. The first-order valence-corrected chi connectivity index (χ1v) is 6.55. The molecule has 0 spiro atoms. The monoisotopic (exact) mass is 272 g/mol. The standard InChI is InChI=1S/C13H18ClFN2O/c1-2-17-5-6-18-12(8-16)13(17)9-3-4-11(15)10(14)7-9/h3-4,7,12-13H,2,5-6,8,16H2,1H3. The fraction of sp³-hybridized carbons (Fsp3) is 0.538. The molecule has 2 N–H and O–H groups in total. The van der Waals surface area contributed by atoms with Crippen LogP contribution in [0.15, 0.2) is 18.2 Å². The minimum Gasteiger partial charge on any atom is -0.374 e. The van der Waals surface area contributed by atoms with E-state index in [1.807, 2.05) is 0 Å². The van der Waals surface area contributed by atoms with Gasteiger partial charge in [0, 0.05) is 13.1 Å². The molecule has 0 aliphatic carbocycles. The van der Waals surface area contributed by atoms with Crippen LogP contribution in [0.2, 0.25) is 5.02 Å². The predicted octanol–water partition coefficient (Wildman–Crippen LogP) is 2.20. The first-order chi connectivity index (χ1) is 8.67. The van der Waals surface area contributed by atoms with E-state index in [0.29, 0.717) is 13.2 Å². The maximum atomic E-state index is 13.2. The molecule has 5 heteroatoms. The topological polar surface area (TPSA) is 38.5 Å². The van der Waals surface area contributed by atoms with Crippen LogP contribution in [0.25, 0.3) is 0 Å². The first-order valence-electron chi connectivity index (χ1n) is 6.18. The highest BCUT2D eigenvalue weighted by Crippen LogP contribution is 2.31. The molecule has 0 bridgehead atoms. The molecule has 1 fully saturated rings. The second kappa shape index (κ2) is 5.97. The molecule has 2 unspecified atom stereocenters. The van der Waals surface area contributed by atoms with Gasteiger partial charge in [0.25, 0.3) is 0 Å². The lowest BCUT2D eigenvalue weighted by Gasteiger charge is -2.40. The molecule has 2 rings (SSSR count). The predicted molar refractivity (Wildman–Crippen MR) is 70.2 cm³/mol. The van der Waals surface area contributed by atoms with Crippen LogP contribution in [0, 0.1) is 5.82 Å². The summed E-state index contributed by atoms with van der Waals surface area (Å²) in [6, 6.07) is 4.87. The number of morpholine rings is 1. The summed E-state index contributed by atoms with van der Waals surface area (Å²) >= 11 is 5.85. The number of nitrogens with zero attached hydrogens (tertiary/aromatic N) is 1. The van der Waals surface area contributed by atoms with Gasteiger partial charge in [-0.3, -0.25) is 4.90 Å². The van der Waals surface area contributed by atoms with Gasteiger partial charge < -0.3 is 10.5 Å². The van der Waals surface area contributed by atoms with Crippen LogP contribution >= 0.6 is 11.6 Å². The molecule has 1 aromatic rings. The van der Waals surface area contributed by atoms with Crippen molar-refractivity contribution in [3.05, 3.63) is 34.6 Å². The van der Waals surface area contributed by atoms with Gasteiger partial charge in [-0.25, -0.2) is 4.39 Å². The van der Waals surface area contributed by atoms with Gasteiger partial charge in [-0.1, -0.05) is 24.6 Å². The summed E-state index contributed by atoms with van der Waals surface area (Å²) < 4.78 is 18.9. The van der Waals surface area contributed by atoms with Crippen LogP contribution in [0.1, 0.15) is 18.5 Å². The zero-order valence-corrected chi connectivity index (χ0v) is 11.2. The van der Waals surface area contributed by atoms with E-state index in [-0.39, 0.29) is 17.2 Å². The Morgan fingerprint density at radius 2 is 2.33 bits per heavy atom. The Hall–Kier alpha value is -0.680. The lowest BCUT2D eigenvalue weighted by molar-refractivity contribution is -0.0658. The molecule has 0 radical (unpaired) electrons. The summed E-state index contributed by atoms with van der Waals surface area (Å²) in [6.07, 6.45) is -0.0692. The largest absolute Gasteiger partial charge is 0.374 e. The van der Waals surface area contributed by atoms with Crippen molar-refractivity contribution in [1.29, 1.82) is 0 Å². The van der Waals surface area contributed by atoms with Gasteiger partial charge in [0.2, 0.25) is 0 Å². The molecule has 2 atom stereocenters. The van der Waals surface area contributed by atoms with Crippen molar-refractivity contribution < 1.29 is 9.13 Å². The molecule has 1 aliphatic heterocycles. The van der Waals surface area contributed by atoms with Crippen molar-refractivity contribution in [1.82, 2.24) is 4.90 Å². The second-order valence-corrected chi connectivity index (χ2v) is 4.80. The van der Waals surface area contributed by atoms with E-state index in [9.17, 15) is 4.39 Å². The average molecular weight is 273 g/mol. The molecule has 1 aromatic carbocycles. The van der Waals surface area contributed by atoms with Crippen molar-refractivity contribution in [2.24, 2.45) is 5.73 Å². The van der Waals surface area contributed by atoms with Crippen LogP contribution in [-0.4, -0.2) is 37.2 Å². The van der Waals surface area contributed by atoms with Crippen molar-refractivity contribution in [2.75, 3.05) is 26.2 Å². The molecule has 1 saturated heterocycles. The molecule has 3 nitrogen and oxygen atoms in total. The van der Waals surface area contributed by atoms with E-state index in [4.69, 9.17) is 22.1 Å². The van der Waals surface area contributed by atoms with E-state index >= 15 is 0 Å². The van der Waals surface area contributed by atoms with Crippen LogP contribution in [0.3, 0.4) is 0 Å². The third-order valence-electron chi connectivity index (χ3n) is 3.38. The summed E-state index contributed by atoms with van der Waals surface area (Å²) in [7, 11) is 0. The van der Waals surface area contributed by atoms with Crippen LogP contribution in [0.4, 0.5) is 4.39 Å². The lowest BCUT2D eigenvalue weighted by atomic mass is 9.98. The Morgan fingerprint density at radius 3 is 2.94 bits per heavy atom. The van der Waals surface area contributed by atoms with Gasteiger partial charge in [-0.05, 0) is 24.2 Å². The fourth-order valence-corrected chi connectivity index (χ4v) is 2.65. The smallest absolute Gasteiger partial charge is 0.141 e. The van der Waals surface area contributed by atoms with E-state index in [0.717, 1.165) is 18.7 Å². The zero-order valence-electron chi connectivity index (χ0n) is 10.4. The summed E-state index contributed by atoms with van der Waals surface area (Å²) in [4.78, 5) is 2.28. The third kappa shape index (κ3) is 2.67. The Balaban J connectivity index is 2.32. The van der Waals surface area contributed by atoms with Gasteiger partial charge in [0.05, 0.1) is 23.8 Å². The second-order valence-electron chi connectivity index (χ2n) is 4.39. The molecular weight excluding hydrogens is 255 g/mol.